The van der Waals surface area contributed by atoms with Gasteiger partial charge in [0.1, 0.15) is 42.3 Å². The molecule has 1 heterocycles. The van der Waals surface area contributed by atoms with E-state index in [0.717, 1.165) is 18.4 Å². The van der Waals surface area contributed by atoms with Crippen molar-refractivity contribution in [2.75, 3.05) is 5.32 Å². The van der Waals surface area contributed by atoms with Gasteiger partial charge in [0.05, 0.1) is 0 Å². The minimum Gasteiger partial charge on any atom is -0.457 e. The third-order valence-electron chi connectivity index (χ3n) is 7.82. The van der Waals surface area contributed by atoms with Crippen LogP contribution in [0.1, 0.15) is 43.2 Å². The second kappa shape index (κ2) is 13.5. The van der Waals surface area contributed by atoms with E-state index >= 15 is 0 Å². The molecule has 0 bridgehead atoms. The number of benzene rings is 3. The molecule has 1 fully saturated rings. The molecule has 7 nitrogen and oxygen atoms in total. The van der Waals surface area contributed by atoms with Gasteiger partial charge in [0, 0.05) is 18.0 Å². The third-order valence-corrected chi connectivity index (χ3v) is 7.82. The second-order valence-corrected chi connectivity index (χ2v) is 11.2. The number of ketones is 1. The minimum atomic E-state index is -0.318. The largest absolute Gasteiger partial charge is 0.457 e. The monoisotopic (exact) mass is 572 g/mol. The molecule has 1 N–H and O–H groups in total. The van der Waals surface area contributed by atoms with Gasteiger partial charge in [-0.2, -0.15) is 5.10 Å². The Morgan fingerprint density at radius 3 is 2.43 bits per heavy atom. The van der Waals surface area contributed by atoms with Crippen molar-refractivity contribution in [3.8, 4) is 11.5 Å². The zero-order valence-electron chi connectivity index (χ0n) is 23.5. The van der Waals surface area contributed by atoms with Crippen molar-refractivity contribution in [1.82, 2.24) is 14.8 Å². The minimum absolute atomic E-state index is 0.0586. The molecule has 5 rings (SSSR count). The number of aryl methyl sites for hydroxylation is 1. The molecule has 1 amide bonds. The maximum atomic E-state index is 13.5. The zero-order chi connectivity index (χ0) is 29.5. The molecule has 1 aliphatic rings. The average molecular weight is 573 g/mol. The molecule has 0 radical (unpaired) electrons. The highest BCUT2D eigenvalue weighted by Crippen LogP contribution is 2.36. The van der Waals surface area contributed by atoms with E-state index in [2.05, 4.69) is 15.4 Å². The first-order valence-electron chi connectivity index (χ1n) is 14.2. The molecule has 1 aliphatic carbocycles. The normalized spacial score (nSPS) is 18.7. The summed E-state index contributed by atoms with van der Waals surface area (Å²) in [5, 5.41) is 7.08. The summed E-state index contributed by atoms with van der Waals surface area (Å²) in [7, 11) is 0. The van der Waals surface area contributed by atoms with Crippen LogP contribution in [0.2, 0.25) is 0 Å². The smallest absolute Gasteiger partial charge is 0.227 e. The Balaban J connectivity index is 1.23. The van der Waals surface area contributed by atoms with Crippen molar-refractivity contribution < 1.29 is 23.1 Å². The molecule has 0 aliphatic heterocycles. The maximum absolute atomic E-state index is 13.5. The molecule has 1 aromatic heterocycles. The Hall–Kier alpha value is -4.40. The highest BCUT2D eigenvalue weighted by molar-refractivity contribution is 5.92. The number of carbonyl (C=O) groups excluding carboxylic acids is 2. The van der Waals surface area contributed by atoms with Gasteiger partial charge in [-0.1, -0.05) is 12.1 Å². The molecule has 4 aromatic rings. The fourth-order valence-corrected chi connectivity index (χ4v) is 5.77. The van der Waals surface area contributed by atoms with Crippen LogP contribution in [0.4, 0.5) is 14.5 Å². The Morgan fingerprint density at radius 2 is 1.71 bits per heavy atom. The number of Topliss-reactive ketones (excluding diaryl/α,β-unsaturated/α-hetero) is 1. The summed E-state index contributed by atoms with van der Waals surface area (Å²) >= 11 is 0. The highest BCUT2D eigenvalue weighted by atomic mass is 19.1. The van der Waals surface area contributed by atoms with Crippen LogP contribution in [0.5, 0.6) is 11.5 Å². The summed E-state index contributed by atoms with van der Waals surface area (Å²) in [6, 6.07) is 17.9. The van der Waals surface area contributed by atoms with Crippen molar-refractivity contribution >= 4 is 17.4 Å². The molecular formula is C33H34F2N4O3. The molecule has 0 spiro atoms. The molecular weight excluding hydrogens is 538 g/mol. The molecule has 0 saturated heterocycles. The van der Waals surface area contributed by atoms with E-state index in [0.29, 0.717) is 48.4 Å². The lowest BCUT2D eigenvalue weighted by Crippen LogP contribution is -2.24. The lowest BCUT2D eigenvalue weighted by Gasteiger charge is -2.21. The summed E-state index contributed by atoms with van der Waals surface area (Å²) in [6.07, 6.45) is 7.03. The van der Waals surface area contributed by atoms with E-state index in [-0.39, 0.29) is 47.6 Å². The molecule has 3 atom stereocenters. The quantitative estimate of drug-likeness (QED) is 0.209. The fourth-order valence-electron chi connectivity index (χ4n) is 5.77. The molecule has 3 unspecified atom stereocenters. The van der Waals surface area contributed by atoms with Crippen LogP contribution in [0, 0.1) is 36.3 Å². The van der Waals surface area contributed by atoms with Gasteiger partial charge in [-0.15, -0.1) is 0 Å². The van der Waals surface area contributed by atoms with Crippen LogP contribution in [-0.2, 0) is 22.6 Å². The lowest BCUT2D eigenvalue weighted by molar-refractivity contribution is -0.121. The number of nitrogens with zero attached hydrogens (tertiary/aromatic N) is 3. The number of anilines is 1. The number of hydrogen-bond donors (Lipinski definition) is 1. The SMILES string of the molecule is Cc1cc(F)ccc1Oc1ccc(NC(=O)C2CCC(CC(=O)Cn3cncn3)CC(Cc3ccc(F)cc3)C2)cc1. The van der Waals surface area contributed by atoms with E-state index in [9.17, 15) is 18.4 Å². The van der Waals surface area contributed by atoms with Gasteiger partial charge < -0.3 is 10.1 Å². The first kappa shape index (κ1) is 29.1. The summed E-state index contributed by atoms with van der Waals surface area (Å²) in [5.74, 6) is 0.678. The fraction of sp³-hybridized carbons (Fsp3) is 0.333. The van der Waals surface area contributed by atoms with Crippen LogP contribution >= 0.6 is 0 Å². The van der Waals surface area contributed by atoms with Gasteiger partial charge in [-0.25, -0.2) is 18.4 Å². The number of aromatic nitrogens is 3. The van der Waals surface area contributed by atoms with Gasteiger partial charge in [0.25, 0.3) is 0 Å². The first-order valence-corrected chi connectivity index (χ1v) is 14.2. The lowest BCUT2D eigenvalue weighted by atomic mass is 9.85. The number of ether oxygens (including phenoxy) is 1. The van der Waals surface area contributed by atoms with Crippen LogP contribution in [0.25, 0.3) is 0 Å². The van der Waals surface area contributed by atoms with Gasteiger partial charge in [0.2, 0.25) is 5.91 Å². The predicted molar refractivity (Wildman–Crippen MR) is 155 cm³/mol. The Kier molecular flexibility index (Phi) is 9.36. The van der Waals surface area contributed by atoms with Crippen molar-refractivity contribution in [3.63, 3.8) is 0 Å². The summed E-state index contributed by atoms with van der Waals surface area (Å²) in [5.41, 5.74) is 2.36. The number of rotatable bonds is 10. The molecule has 42 heavy (non-hydrogen) atoms. The van der Waals surface area contributed by atoms with E-state index < -0.39 is 0 Å². The molecule has 3 aromatic carbocycles. The Bertz CT molecular complexity index is 1490. The van der Waals surface area contributed by atoms with E-state index in [1.54, 1.807) is 49.4 Å². The van der Waals surface area contributed by atoms with Crippen LogP contribution < -0.4 is 10.1 Å². The van der Waals surface area contributed by atoms with Gasteiger partial charge >= 0.3 is 0 Å². The van der Waals surface area contributed by atoms with Crippen molar-refractivity contribution in [1.29, 1.82) is 0 Å². The van der Waals surface area contributed by atoms with E-state index in [1.165, 1.54) is 41.6 Å². The summed E-state index contributed by atoms with van der Waals surface area (Å²) in [6.45, 7) is 1.96. The Morgan fingerprint density at radius 1 is 0.952 bits per heavy atom. The zero-order valence-corrected chi connectivity index (χ0v) is 23.5. The van der Waals surface area contributed by atoms with Gasteiger partial charge in [-0.3, -0.25) is 9.59 Å². The standard InChI is InChI=1S/C33H34F2N4O3/c1-22-14-28(35)8-13-32(22)42-31-11-9-29(10-12-31)38-33(41)26-5-2-24(18-30(40)19-39-21-36-20-37-39)16-25(17-26)15-23-3-6-27(34)7-4-23/h3-4,6-14,20-21,24-26H,2,5,15-19H2,1H3,(H,38,41). The number of halogens is 2. The summed E-state index contributed by atoms with van der Waals surface area (Å²) < 4.78 is 34.3. The van der Waals surface area contributed by atoms with E-state index in [4.69, 9.17) is 4.74 Å². The van der Waals surface area contributed by atoms with E-state index in [1.807, 2.05) is 0 Å². The summed E-state index contributed by atoms with van der Waals surface area (Å²) in [4.78, 5) is 30.1. The van der Waals surface area contributed by atoms with Gasteiger partial charge in [-0.05, 0) is 117 Å². The second-order valence-electron chi connectivity index (χ2n) is 11.2. The molecule has 1 saturated carbocycles. The number of hydrogen-bond acceptors (Lipinski definition) is 5. The van der Waals surface area contributed by atoms with Crippen molar-refractivity contribution in [2.45, 2.75) is 52.0 Å². The van der Waals surface area contributed by atoms with Crippen molar-refractivity contribution in [3.05, 3.63) is 102 Å². The topological polar surface area (TPSA) is 86.1 Å². The maximum Gasteiger partial charge on any atom is 0.227 e. The third kappa shape index (κ3) is 8.09. The Labute approximate surface area is 243 Å². The number of amides is 1. The van der Waals surface area contributed by atoms with Crippen LogP contribution in [0.3, 0.4) is 0 Å². The molecule has 218 valence electrons. The number of carbonyl (C=O) groups is 2. The van der Waals surface area contributed by atoms with Crippen LogP contribution in [0.15, 0.2) is 79.4 Å². The van der Waals surface area contributed by atoms with Crippen LogP contribution in [-0.4, -0.2) is 26.5 Å². The first-order chi connectivity index (χ1) is 20.3. The molecule has 9 heteroatoms. The average Bonchev–Trinajstić information content (AvgIpc) is 3.39. The van der Waals surface area contributed by atoms with Crippen molar-refractivity contribution in [2.24, 2.45) is 17.8 Å². The van der Waals surface area contributed by atoms with Gasteiger partial charge in [0.15, 0.2) is 5.78 Å². The number of nitrogens with one attached hydrogen (secondary N) is 1. The highest BCUT2D eigenvalue weighted by Gasteiger charge is 2.31. The predicted octanol–water partition coefficient (Wildman–Crippen LogP) is 6.92.